The van der Waals surface area contributed by atoms with E-state index in [1.54, 1.807) is 13.8 Å². The van der Waals surface area contributed by atoms with Crippen molar-refractivity contribution in [2.24, 2.45) is 11.3 Å². The molecule has 1 aromatic heterocycles. The van der Waals surface area contributed by atoms with Crippen LogP contribution in [-0.2, 0) is 28.7 Å². The van der Waals surface area contributed by atoms with Crippen LogP contribution in [0.25, 0.3) is 17.0 Å². The molecule has 1 aromatic carbocycles. The number of halogens is 3. The van der Waals surface area contributed by atoms with Gasteiger partial charge in [0.2, 0.25) is 9.70 Å². The number of hydrazine groups is 1. The van der Waals surface area contributed by atoms with Crippen LogP contribution in [0.1, 0.15) is 78.7 Å². The average Bonchev–Trinajstić information content (AvgIpc) is 3.01. The van der Waals surface area contributed by atoms with Crippen molar-refractivity contribution in [3.05, 3.63) is 47.7 Å². The zero-order valence-electron chi connectivity index (χ0n) is 28.4. The standard InChI is InChI=1S/C34H46Cl3N5O6/c1-20(2)29(30(44)39-21(3)31(45)42-16-8-9-27(41-42)32(46)47-19-34(35,36)37)38-18-33(6,7)15-14-24-10-11-25-12-13-26(40-28(25)17-24)22(4)48-23(5)43/h10-15,17,20-22,27,29,38,41H,8-9,16,18-19H2,1-7H3,(H,39,44). The number of alkyl halides is 3. The normalized spacial score (nSPS) is 17.6. The summed E-state index contributed by atoms with van der Waals surface area (Å²) < 4.78 is 8.60. The molecule has 1 aliphatic rings. The lowest BCUT2D eigenvalue weighted by Gasteiger charge is -2.35. The molecule has 3 rings (SSSR count). The van der Waals surface area contributed by atoms with E-state index in [2.05, 4.69) is 36.0 Å². The highest BCUT2D eigenvalue weighted by molar-refractivity contribution is 6.67. The van der Waals surface area contributed by atoms with Crippen molar-refractivity contribution >= 4 is 75.5 Å². The molecular formula is C34H46Cl3N5O6. The van der Waals surface area contributed by atoms with Crippen LogP contribution in [-0.4, -0.2) is 75.4 Å². The summed E-state index contributed by atoms with van der Waals surface area (Å²) in [7, 11) is 0. The topological polar surface area (TPSA) is 139 Å². The Labute approximate surface area is 297 Å². The van der Waals surface area contributed by atoms with Crippen LogP contribution in [0, 0.1) is 11.3 Å². The highest BCUT2D eigenvalue weighted by Gasteiger charge is 2.34. The minimum absolute atomic E-state index is 0.0626. The zero-order chi connectivity index (χ0) is 35.8. The van der Waals surface area contributed by atoms with Gasteiger partial charge in [0.05, 0.1) is 17.3 Å². The minimum Gasteiger partial charge on any atom is -0.460 e. The van der Waals surface area contributed by atoms with Crippen molar-refractivity contribution in [3.8, 4) is 0 Å². The second-order valence-electron chi connectivity index (χ2n) is 13.1. The number of nitrogens with zero attached hydrogens (tertiary/aromatic N) is 2. The fraction of sp³-hybridized carbons (Fsp3) is 0.559. The summed E-state index contributed by atoms with van der Waals surface area (Å²) >= 11 is 17.0. The third kappa shape index (κ3) is 12.2. The van der Waals surface area contributed by atoms with Gasteiger partial charge in [0.15, 0.2) is 0 Å². The second kappa shape index (κ2) is 17.1. The maximum Gasteiger partial charge on any atom is 0.325 e. The van der Waals surface area contributed by atoms with E-state index < -0.39 is 40.6 Å². The molecule has 4 atom stereocenters. The third-order valence-electron chi connectivity index (χ3n) is 7.79. The first kappa shape index (κ1) is 39.5. The summed E-state index contributed by atoms with van der Waals surface area (Å²) in [4.78, 5) is 55.0. The van der Waals surface area contributed by atoms with Crippen LogP contribution in [0.2, 0.25) is 0 Å². The maximum absolute atomic E-state index is 13.4. The summed E-state index contributed by atoms with van der Waals surface area (Å²) in [5.74, 6) is -1.74. The Hall–Kier alpha value is -2.96. The molecule has 11 nitrogen and oxygen atoms in total. The van der Waals surface area contributed by atoms with Crippen LogP contribution >= 0.6 is 34.8 Å². The Morgan fingerprint density at radius 2 is 1.79 bits per heavy atom. The fourth-order valence-corrected chi connectivity index (χ4v) is 5.31. The fourth-order valence-electron chi connectivity index (χ4n) is 5.14. The van der Waals surface area contributed by atoms with Crippen LogP contribution in [0.15, 0.2) is 36.4 Å². The molecule has 1 aliphatic heterocycles. The lowest BCUT2D eigenvalue weighted by molar-refractivity contribution is -0.153. The highest BCUT2D eigenvalue weighted by atomic mass is 35.6. The quantitative estimate of drug-likeness (QED) is 0.182. The number of rotatable bonds is 13. The van der Waals surface area contributed by atoms with Crippen molar-refractivity contribution in [1.29, 1.82) is 0 Å². The number of nitrogens with one attached hydrogen (secondary N) is 3. The Morgan fingerprint density at radius 3 is 2.44 bits per heavy atom. The monoisotopic (exact) mass is 725 g/mol. The van der Waals surface area contributed by atoms with Crippen LogP contribution in [0.3, 0.4) is 0 Å². The van der Waals surface area contributed by atoms with E-state index in [1.165, 1.54) is 11.9 Å². The minimum atomic E-state index is -1.74. The number of carbonyl (C=O) groups excluding carboxylic acids is 4. The molecule has 264 valence electrons. The van der Waals surface area contributed by atoms with Gasteiger partial charge in [-0.25, -0.2) is 10.4 Å². The number of ether oxygens (including phenoxy) is 2. The summed E-state index contributed by atoms with van der Waals surface area (Å²) in [6.45, 7) is 13.2. The van der Waals surface area contributed by atoms with Crippen molar-refractivity contribution in [1.82, 2.24) is 26.1 Å². The van der Waals surface area contributed by atoms with Crippen molar-refractivity contribution in [3.63, 3.8) is 0 Å². The van der Waals surface area contributed by atoms with E-state index in [0.717, 1.165) is 16.5 Å². The number of pyridine rings is 1. The Balaban J connectivity index is 1.58. The van der Waals surface area contributed by atoms with E-state index in [4.69, 9.17) is 49.3 Å². The number of hydrogen-bond acceptors (Lipinski definition) is 9. The van der Waals surface area contributed by atoms with E-state index in [0.29, 0.717) is 31.6 Å². The first-order valence-corrected chi connectivity index (χ1v) is 17.1. The third-order valence-corrected chi connectivity index (χ3v) is 8.12. The summed E-state index contributed by atoms with van der Waals surface area (Å²) in [5, 5.41) is 8.51. The molecule has 2 amide bonds. The Kier molecular flexibility index (Phi) is 14.1. The molecule has 0 bridgehead atoms. The molecule has 2 heterocycles. The first-order valence-electron chi connectivity index (χ1n) is 16.0. The average molecular weight is 727 g/mol. The van der Waals surface area contributed by atoms with Crippen molar-refractivity contribution in [2.75, 3.05) is 19.7 Å². The van der Waals surface area contributed by atoms with Gasteiger partial charge in [-0.3, -0.25) is 24.2 Å². The Morgan fingerprint density at radius 1 is 1.10 bits per heavy atom. The van der Waals surface area contributed by atoms with Gasteiger partial charge in [-0.15, -0.1) is 0 Å². The van der Waals surface area contributed by atoms with Gasteiger partial charge in [0.1, 0.15) is 24.8 Å². The molecular weight excluding hydrogens is 681 g/mol. The predicted molar refractivity (Wildman–Crippen MR) is 188 cm³/mol. The SMILES string of the molecule is CC(=O)OC(C)c1ccc2ccc(C=CC(C)(C)CNC(C(=O)NC(C)C(=O)N3CCCC(C(=O)OCC(Cl)(Cl)Cl)N3)C(C)C)cc2n1. The number of esters is 2. The second-order valence-corrected chi connectivity index (χ2v) is 15.6. The molecule has 0 aliphatic carbocycles. The highest BCUT2D eigenvalue weighted by Crippen LogP contribution is 2.27. The molecule has 4 unspecified atom stereocenters. The van der Waals surface area contributed by atoms with Gasteiger partial charge in [0.25, 0.3) is 5.91 Å². The number of fused-ring (bicyclic) bond motifs is 1. The zero-order valence-corrected chi connectivity index (χ0v) is 30.7. The lowest BCUT2D eigenvalue weighted by Crippen LogP contribution is -2.61. The Bertz CT molecular complexity index is 1500. The van der Waals surface area contributed by atoms with Gasteiger partial charge in [-0.1, -0.05) is 92.8 Å². The smallest absolute Gasteiger partial charge is 0.325 e. The molecule has 0 radical (unpaired) electrons. The van der Waals surface area contributed by atoms with E-state index in [-0.39, 0.29) is 29.1 Å². The van der Waals surface area contributed by atoms with E-state index in [1.807, 2.05) is 50.3 Å². The van der Waals surface area contributed by atoms with Crippen molar-refractivity contribution < 1.29 is 28.7 Å². The van der Waals surface area contributed by atoms with Crippen LogP contribution in [0.5, 0.6) is 0 Å². The number of amides is 2. The maximum atomic E-state index is 13.4. The molecule has 0 spiro atoms. The number of carbonyl (C=O) groups is 4. The first-order chi connectivity index (χ1) is 22.3. The van der Waals surface area contributed by atoms with Gasteiger partial charge >= 0.3 is 11.9 Å². The van der Waals surface area contributed by atoms with E-state index in [9.17, 15) is 19.2 Å². The molecule has 1 fully saturated rings. The van der Waals surface area contributed by atoms with Crippen LogP contribution in [0.4, 0.5) is 0 Å². The molecule has 3 N–H and O–H groups in total. The molecule has 48 heavy (non-hydrogen) atoms. The molecule has 0 saturated carbocycles. The van der Waals surface area contributed by atoms with Gasteiger partial charge < -0.3 is 20.1 Å². The predicted octanol–water partition coefficient (Wildman–Crippen LogP) is 5.43. The summed E-state index contributed by atoms with van der Waals surface area (Å²) in [6.07, 6.45) is 4.64. The number of aromatic nitrogens is 1. The van der Waals surface area contributed by atoms with Gasteiger partial charge in [-0.2, -0.15) is 0 Å². The summed E-state index contributed by atoms with van der Waals surface area (Å²) in [6, 6.07) is 7.60. The molecule has 2 aromatic rings. The lowest BCUT2D eigenvalue weighted by atomic mass is 9.90. The number of hydrogen-bond donors (Lipinski definition) is 3. The van der Waals surface area contributed by atoms with Gasteiger partial charge in [-0.05, 0) is 55.7 Å². The molecule has 14 heteroatoms. The van der Waals surface area contributed by atoms with Crippen LogP contribution < -0.4 is 16.1 Å². The largest absolute Gasteiger partial charge is 0.460 e. The van der Waals surface area contributed by atoms with E-state index >= 15 is 0 Å². The van der Waals surface area contributed by atoms with Crippen molar-refractivity contribution in [2.45, 2.75) is 89.3 Å². The number of benzene rings is 1. The van der Waals surface area contributed by atoms with Gasteiger partial charge in [0, 0.05) is 25.4 Å². The summed E-state index contributed by atoms with van der Waals surface area (Å²) in [5.41, 5.74) is 4.96. The molecule has 1 saturated heterocycles.